The number of halogens is 1. The van der Waals surface area contributed by atoms with Crippen molar-refractivity contribution in [3.05, 3.63) is 53.6 Å². The van der Waals surface area contributed by atoms with E-state index in [-0.39, 0.29) is 12.1 Å². The number of hydrogen-bond acceptors (Lipinski definition) is 4. The van der Waals surface area contributed by atoms with Gasteiger partial charge in [0.05, 0.1) is 24.1 Å². The minimum absolute atomic E-state index is 0.155. The van der Waals surface area contributed by atoms with Gasteiger partial charge in [-0.1, -0.05) is 6.07 Å². The van der Waals surface area contributed by atoms with E-state index in [4.69, 9.17) is 0 Å². The molecule has 0 fully saturated rings. The van der Waals surface area contributed by atoms with Crippen molar-refractivity contribution < 1.29 is 14.0 Å². The molecule has 0 unspecified atom stereocenters. The van der Waals surface area contributed by atoms with Gasteiger partial charge in [0.25, 0.3) is 5.91 Å². The van der Waals surface area contributed by atoms with Crippen molar-refractivity contribution in [2.24, 2.45) is 7.05 Å². The molecule has 128 valence electrons. The summed E-state index contributed by atoms with van der Waals surface area (Å²) in [6, 6.07) is 7.03. The van der Waals surface area contributed by atoms with Gasteiger partial charge >= 0.3 is 0 Å². The van der Waals surface area contributed by atoms with E-state index >= 15 is 0 Å². The van der Waals surface area contributed by atoms with Crippen LogP contribution in [0.3, 0.4) is 0 Å². The second kappa shape index (κ2) is 6.68. The second-order valence-corrected chi connectivity index (χ2v) is 5.55. The number of nitrogens with one attached hydrogen (secondary N) is 2. The average Bonchev–Trinajstić information content (AvgIpc) is 2.86. The fourth-order valence-electron chi connectivity index (χ4n) is 2.47. The number of carbonyl (C=O) groups excluding carboxylic acids is 2. The zero-order valence-electron chi connectivity index (χ0n) is 13.7. The first-order chi connectivity index (χ1) is 11.9. The summed E-state index contributed by atoms with van der Waals surface area (Å²) < 4.78 is 14.8. The molecule has 0 saturated heterocycles. The first-order valence-electron chi connectivity index (χ1n) is 7.57. The van der Waals surface area contributed by atoms with Gasteiger partial charge in [0.1, 0.15) is 5.82 Å². The van der Waals surface area contributed by atoms with Crippen LogP contribution in [0.25, 0.3) is 11.0 Å². The summed E-state index contributed by atoms with van der Waals surface area (Å²) in [6.45, 7) is 1.62. The van der Waals surface area contributed by atoms with E-state index in [0.29, 0.717) is 5.69 Å². The van der Waals surface area contributed by atoms with Crippen molar-refractivity contribution in [2.45, 2.75) is 6.92 Å². The number of carbonyl (C=O) groups is 2. The summed E-state index contributed by atoms with van der Waals surface area (Å²) in [5, 5.41) is 10.2. The third-order valence-electron chi connectivity index (χ3n) is 3.64. The van der Waals surface area contributed by atoms with Crippen LogP contribution in [0.1, 0.15) is 16.1 Å². The number of aromatic nitrogens is 3. The lowest BCUT2D eigenvalue weighted by Crippen LogP contribution is -2.32. The number of hydrogen-bond donors (Lipinski definition) is 2. The van der Waals surface area contributed by atoms with Crippen molar-refractivity contribution in [3.63, 3.8) is 0 Å². The number of benzene rings is 1. The van der Waals surface area contributed by atoms with E-state index in [1.54, 1.807) is 17.8 Å². The maximum atomic E-state index is 13.1. The zero-order chi connectivity index (χ0) is 18.0. The topological polar surface area (TPSA) is 88.9 Å². The van der Waals surface area contributed by atoms with Gasteiger partial charge in [-0.3, -0.25) is 14.3 Å². The first kappa shape index (κ1) is 16.6. The molecule has 0 spiro atoms. The summed E-state index contributed by atoms with van der Waals surface area (Å²) in [5.41, 5.74) is 2.19. The molecule has 0 saturated carbocycles. The Balaban J connectivity index is 1.63. The van der Waals surface area contributed by atoms with E-state index in [9.17, 15) is 14.0 Å². The van der Waals surface area contributed by atoms with Gasteiger partial charge in [-0.05, 0) is 31.2 Å². The van der Waals surface area contributed by atoms with Crippen LogP contribution in [-0.4, -0.2) is 33.1 Å². The molecule has 2 N–H and O–H groups in total. The highest BCUT2D eigenvalue weighted by molar-refractivity contribution is 5.99. The van der Waals surface area contributed by atoms with E-state index in [1.807, 2.05) is 6.92 Å². The van der Waals surface area contributed by atoms with Crippen LogP contribution in [-0.2, 0) is 11.8 Å². The predicted molar refractivity (Wildman–Crippen MR) is 90.6 cm³/mol. The monoisotopic (exact) mass is 341 g/mol. The van der Waals surface area contributed by atoms with Gasteiger partial charge in [0.15, 0.2) is 5.65 Å². The van der Waals surface area contributed by atoms with Gasteiger partial charge < -0.3 is 10.6 Å². The molecule has 0 atom stereocenters. The number of anilines is 1. The Bertz CT molecular complexity index is 967. The standard InChI is InChI=1S/C17H16FN5O2/c1-10-14-7-13(8-19-16(14)23(2)22-10)21-15(24)9-20-17(25)11-4-3-5-12(18)6-11/h3-8H,9H2,1-2H3,(H,20,25)(H,21,24). The highest BCUT2D eigenvalue weighted by Crippen LogP contribution is 2.19. The minimum Gasteiger partial charge on any atom is -0.343 e. The van der Waals surface area contributed by atoms with E-state index in [1.165, 1.54) is 24.4 Å². The molecule has 0 aliphatic heterocycles. The third kappa shape index (κ3) is 3.63. The molecule has 2 heterocycles. The third-order valence-corrected chi connectivity index (χ3v) is 3.64. The molecule has 1 aromatic carbocycles. The Morgan fingerprint density at radius 3 is 2.84 bits per heavy atom. The molecular formula is C17H16FN5O2. The Labute approximate surface area is 142 Å². The number of pyridine rings is 1. The van der Waals surface area contributed by atoms with Crippen molar-refractivity contribution in [1.82, 2.24) is 20.1 Å². The highest BCUT2D eigenvalue weighted by atomic mass is 19.1. The lowest BCUT2D eigenvalue weighted by Gasteiger charge is -2.07. The van der Waals surface area contributed by atoms with E-state index in [2.05, 4.69) is 20.7 Å². The summed E-state index contributed by atoms with van der Waals surface area (Å²) in [7, 11) is 1.79. The quantitative estimate of drug-likeness (QED) is 0.757. The fourth-order valence-corrected chi connectivity index (χ4v) is 2.47. The van der Waals surface area contributed by atoms with Crippen molar-refractivity contribution in [3.8, 4) is 0 Å². The molecule has 0 radical (unpaired) electrons. The van der Waals surface area contributed by atoms with Crippen LogP contribution in [0.2, 0.25) is 0 Å². The van der Waals surface area contributed by atoms with Crippen LogP contribution in [0.4, 0.5) is 10.1 Å². The van der Waals surface area contributed by atoms with Gasteiger partial charge in [-0.15, -0.1) is 0 Å². The second-order valence-electron chi connectivity index (χ2n) is 5.55. The van der Waals surface area contributed by atoms with Crippen LogP contribution in [0.15, 0.2) is 36.5 Å². The maximum Gasteiger partial charge on any atom is 0.251 e. The van der Waals surface area contributed by atoms with Crippen LogP contribution < -0.4 is 10.6 Å². The normalized spacial score (nSPS) is 10.7. The summed E-state index contributed by atoms with van der Waals surface area (Å²) >= 11 is 0. The number of amides is 2. The predicted octanol–water partition coefficient (Wildman–Crippen LogP) is 1.78. The van der Waals surface area contributed by atoms with Crippen LogP contribution in [0, 0.1) is 12.7 Å². The Hall–Kier alpha value is -3.29. The molecule has 2 amide bonds. The number of rotatable bonds is 4. The van der Waals surface area contributed by atoms with E-state index < -0.39 is 17.6 Å². The molecule has 3 aromatic rings. The minimum atomic E-state index is -0.522. The summed E-state index contributed by atoms with van der Waals surface area (Å²) in [5.74, 6) is -1.44. The molecule has 2 aromatic heterocycles. The van der Waals surface area contributed by atoms with Gasteiger partial charge in [-0.2, -0.15) is 5.10 Å². The van der Waals surface area contributed by atoms with Gasteiger partial charge in [0.2, 0.25) is 5.91 Å². The number of aryl methyl sites for hydroxylation is 2. The molecule has 7 nitrogen and oxygen atoms in total. The highest BCUT2D eigenvalue weighted by Gasteiger charge is 2.11. The van der Waals surface area contributed by atoms with Crippen molar-refractivity contribution >= 4 is 28.5 Å². The summed E-state index contributed by atoms with van der Waals surface area (Å²) in [6.07, 6.45) is 1.52. The first-order valence-corrected chi connectivity index (χ1v) is 7.57. The smallest absolute Gasteiger partial charge is 0.251 e. The molecule has 25 heavy (non-hydrogen) atoms. The molecule has 0 bridgehead atoms. The van der Waals surface area contributed by atoms with Crippen LogP contribution in [0.5, 0.6) is 0 Å². The van der Waals surface area contributed by atoms with Crippen molar-refractivity contribution in [2.75, 3.05) is 11.9 Å². The largest absolute Gasteiger partial charge is 0.343 e. The lowest BCUT2D eigenvalue weighted by atomic mass is 10.2. The lowest BCUT2D eigenvalue weighted by molar-refractivity contribution is -0.115. The molecule has 0 aliphatic carbocycles. The van der Waals surface area contributed by atoms with Crippen LogP contribution >= 0.6 is 0 Å². The Morgan fingerprint density at radius 2 is 2.08 bits per heavy atom. The van der Waals surface area contributed by atoms with Gasteiger partial charge in [0, 0.05) is 18.0 Å². The zero-order valence-corrected chi connectivity index (χ0v) is 13.7. The fraction of sp³-hybridized carbons (Fsp3) is 0.176. The van der Waals surface area contributed by atoms with Gasteiger partial charge in [-0.25, -0.2) is 9.37 Å². The average molecular weight is 341 g/mol. The number of nitrogens with zero attached hydrogens (tertiary/aromatic N) is 3. The maximum absolute atomic E-state index is 13.1. The Morgan fingerprint density at radius 1 is 1.28 bits per heavy atom. The molecule has 8 heteroatoms. The number of fused-ring (bicyclic) bond motifs is 1. The Kier molecular flexibility index (Phi) is 4.42. The van der Waals surface area contributed by atoms with Crippen molar-refractivity contribution in [1.29, 1.82) is 0 Å². The molecule has 0 aliphatic rings. The van der Waals surface area contributed by atoms with E-state index in [0.717, 1.165) is 22.8 Å². The summed E-state index contributed by atoms with van der Waals surface area (Å²) in [4.78, 5) is 28.2. The molecule has 3 rings (SSSR count). The SMILES string of the molecule is Cc1nn(C)c2ncc(NC(=O)CNC(=O)c3cccc(F)c3)cc12. The molecular weight excluding hydrogens is 325 g/mol.